The Morgan fingerprint density at radius 1 is 1.04 bits per heavy atom. The van der Waals surface area contributed by atoms with Crippen LogP contribution in [0.3, 0.4) is 0 Å². The van der Waals surface area contributed by atoms with E-state index >= 15 is 0 Å². The van der Waals surface area contributed by atoms with E-state index in [9.17, 15) is 4.79 Å². The predicted molar refractivity (Wildman–Crippen MR) is 98.2 cm³/mol. The lowest BCUT2D eigenvalue weighted by Gasteiger charge is -2.18. The largest absolute Gasteiger partial charge is 0.411 e. The molecular formula is C19H19N3O2S. The zero-order valence-corrected chi connectivity index (χ0v) is 15.2. The minimum atomic E-state index is -0.429. The first-order valence-electron chi connectivity index (χ1n) is 7.88. The van der Waals surface area contributed by atoms with Crippen molar-refractivity contribution in [1.29, 1.82) is 0 Å². The van der Waals surface area contributed by atoms with Crippen LogP contribution in [-0.4, -0.2) is 35.1 Å². The third-order valence-corrected chi connectivity index (χ3v) is 4.84. The van der Waals surface area contributed by atoms with Gasteiger partial charge in [0.25, 0.3) is 5.22 Å². The minimum Gasteiger partial charge on any atom is -0.411 e. The first-order valence-corrected chi connectivity index (χ1v) is 8.76. The van der Waals surface area contributed by atoms with E-state index in [4.69, 9.17) is 4.42 Å². The normalized spacial score (nSPS) is 12.0. The summed E-state index contributed by atoms with van der Waals surface area (Å²) in [5.74, 6) is 0.441. The SMILES string of the molecule is Cc1ccccc1-c1nnc(SC(C(=O)N(C)C)c2ccccc2)o1. The molecule has 1 amide bonds. The van der Waals surface area contributed by atoms with Crippen molar-refractivity contribution in [3.63, 3.8) is 0 Å². The number of carbonyl (C=O) groups excluding carboxylic acids is 1. The van der Waals surface area contributed by atoms with E-state index in [1.807, 2.05) is 61.5 Å². The highest BCUT2D eigenvalue weighted by molar-refractivity contribution is 8.00. The van der Waals surface area contributed by atoms with E-state index in [1.165, 1.54) is 11.8 Å². The number of amides is 1. The second kappa shape index (κ2) is 7.53. The number of benzene rings is 2. The molecule has 0 spiro atoms. The van der Waals surface area contributed by atoms with Crippen molar-refractivity contribution < 1.29 is 9.21 Å². The van der Waals surface area contributed by atoms with Crippen LogP contribution in [-0.2, 0) is 4.79 Å². The van der Waals surface area contributed by atoms with Crippen LogP contribution in [0.2, 0.25) is 0 Å². The molecule has 3 rings (SSSR count). The Labute approximate surface area is 151 Å². The number of hydrogen-bond donors (Lipinski definition) is 0. The fourth-order valence-electron chi connectivity index (χ4n) is 2.40. The molecule has 0 fully saturated rings. The summed E-state index contributed by atoms with van der Waals surface area (Å²) in [4.78, 5) is 14.2. The van der Waals surface area contributed by atoms with E-state index in [2.05, 4.69) is 10.2 Å². The molecule has 0 N–H and O–H groups in total. The Morgan fingerprint density at radius 2 is 1.72 bits per heavy atom. The summed E-state index contributed by atoms with van der Waals surface area (Å²) in [6, 6.07) is 17.4. The fourth-order valence-corrected chi connectivity index (χ4v) is 3.42. The van der Waals surface area contributed by atoms with Crippen molar-refractivity contribution in [2.45, 2.75) is 17.4 Å². The standard InChI is InChI=1S/C19H19N3O2S/c1-13-9-7-8-12-15(13)17-20-21-19(24-17)25-16(18(23)22(2)3)14-10-5-4-6-11-14/h4-12,16H,1-3H3. The van der Waals surface area contributed by atoms with Gasteiger partial charge in [-0.05, 0) is 35.9 Å². The molecule has 0 saturated carbocycles. The van der Waals surface area contributed by atoms with Gasteiger partial charge in [0.05, 0.1) is 0 Å². The maximum Gasteiger partial charge on any atom is 0.277 e. The lowest BCUT2D eigenvalue weighted by Crippen LogP contribution is -2.26. The molecule has 0 bridgehead atoms. The molecule has 0 aliphatic heterocycles. The number of aryl methyl sites for hydroxylation is 1. The molecule has 5 nitrogen and oxygen atoms in total. The summed E-state index contributed by atoms with van der Waals surface area (Å²) >= 11 is 1.27. The highest BCUT2D eigenvalue weighted by Crippen LogP contribution is 2.37. The molecule has 6 heteroatoms. The monoisotopic (exact) mass is 353 g/mol. The molecule has 1 atom stereocenters. The van der Waals surface area contributed by atoms with Crippen LogP contribution in [0.1, 0.15) is 16.4 Å². The number of nitrogens with zero attached hydrogens (tertiary/aromatic N) is 3. The zero-order valence-electron chi connectivity index (χ0n) is 14.3. The van der Waals surface area contributed by atoms with Gasteiger partial charge in [-0.3, -0.25) is 4.79 Å². The van der Waals surface area contributed by atoms with Crippen molar-refractivity contribution in [1.82, 2.24) is 15.1 Å². The Morgan fingerprint density at radius 3 is 2.40 bits per heavy atom. The van der Waals surface area contributed by atoms with Crippen LogP contribution in [0.25, 0.3) is 11.5 Å². The lowest BCUT2D eigenvalue weighted by molar-refractivity contribution is -0.128. The summed E-state index contributed by atoms with van der Waals surface area (Å²) in [7, 11) is 3.48. The number of likely N-dealkylation sites (N-methyl/N-ethyl adjacent to an activating group) is 1. The lowest BCUT2D eigenvalue weighted by atomic mass is 10.1. The summed E-state index contributed by atoms with van der Waals surface area (Å²) < 4.78 is 5.80. The molecule has 1 aromatic heterocycles. The molecule has 0 aliphatic rings. The van der Waals surface area contributed by atoms with Crippen LogP contribution in [0.4, 0.5) is 0 Å². The number of aromatic nitrogens is 2. The van der Waals surface area contributed by atoms with Crippen molar-refractivity contribution in [3.05, 3.63) is 65.7 Å². The molecule has 0 radical (unpaired) electrons. The van der Waals surface area contributed by atoms with Crippen LogP contribution in [0.5, 0.6) is 0 Å². The Hall–Kier alpha value is -2.60. The smallest absolute Gasteiger partial charge is 0.277 e. The van der Waals surface area contributed by atoms with Crippen LogP contribution in [0, 0.1) is 6.92 Å². The Bertz CT molecular complexity index is 862. The van der Waals surface area contributed by atoms with E-state index in [1.54, 1.807) is 19.0 Å². The van der Waals surface area contributed by atoms with Crippen LogP contribution >= 0.6 is 11.8 Å². The fraction of sp³-hybridized carbons (Fsp3) is 0.211. The molecule has 0 aliphatic carbocycles. The molecule has 3 aromatic rings. The molecule has 0 saturated heterocycles. The van der Waals surface area contributed by atoms with Gasteiger partial charge in [-0.15, -0.1) is 10.2 Å². The van der Waals surface area contributed by atoms with Gasteiger partial charge < -0.3 is 9.32 Å². The molecule has 25 heavy (non-hydrogen) atoms. The van der Waals surface area contributed by atoms with Gasteiger partial charge in [-0.2, -0.15) is 0 Å². The van der Waals surface area contributed by atoms with E-state index < -0.39 is 5.25 Å². The van der Waals surface area contributed by atoms with Gasteiger partial charge in [0.1, 0.15) is 5.25 Å². The van der Waals surface area contributed by atoms with Crippen molar-refractivity contribution in [2.24, 2.45) is 0 Å². The minimum absolute atomic E-state index is 0.0214. The number of thioether (sulfide) groups is 1. The maximum absolute atomic E-state index is 12.6. The highest BCUT2D eigenvalue weighted by Gasteiger charge is 2.26. The summed E-state index contributed by atoms with van der Waals surface area (Å²) in [6.45, 7) is 1.99. The van der Waals surface area contributed by atoms with Gasteiger partial charge in [-0.25, -0.2) is 0 Å². The average molecular weight is 353 g/mol. The Kier molecular flexibility index (Phi) is 5.19. The predicted octanol–water partition coefficient (Wildman–Crippen LogP) is 3.97. The molecule has 1 unspecified atom stereocenters. The molecular weight excluding hydrogens is 334 g/mol. The summed E-state index contributed by atoms with van der Waals surface area (Å²) in [5.41, 5.74) is 2.87. The third kappa shape index (κ3) is 3.91. The van der Waals surface area contributed by atoms with Crippen molar-refractivity contribution >= 4 is 17.7 Å². The summed E-state index contributed by atoms with van der Waals surface area (Å²) in [5, 5.41) is 8.20. The first-order chi connectivity index (χ1) is 12.1. The summed E-state index contributed by atoms with van der Waals surface area (Å²) in [6.07, 6.45) is 0. The Balaban J connectivity index is 1.88. The molecule has 128 valence electrons. The van der Waals surface area contributed by atoms with Crippen molar-refractivity contribution in [3.8, 4) is 11.5 Å². The van der Waals surface area contributed by atoms with Gasteiger partial charge >= 0.3 is 0 Å². The van der Waals surface area contributed by atoms with Crippen LogP contribution in [0.15, 0.2) is 64.2 Å². The second-order valence-corrected chi connectivity index (χ2v) is 6.89. The second-order valence-electron chi connectivity index (χ2n) is 5.83. The number of hydrogen-bond acceptors (Lipinski definition) is 5. The van der Waals surface area contributed by atoms with E-state index in [-0.39, 0.29) is 5.91 Å². The third-order valence-electron chi connectivity index (χ3n) is 3.77. The van der Waals surface area contributed by atoms with Gasteiger partial charge in [0.15, 0.2) is 0 Å². The number of carbonyl (C=O) groups is 1. The molecule has 2 aromatic carbocycles. The maximum atomic E-state index is 12.6. The van der Waals surface area contributed by atoms with Crippen LogP contribution < -0.4 is 0 Å². The van der Waals surface area contributed by atoms with E-state index in [0.29, 0.717) is 11.1 Å². The van der Waals surface area contributed by atoms with Gasteiger partial charge in [0, 0.05) is 19.7 Å². The van der Waals surface area contributed by atoms with E-state index in [0.717, 1.165) is 16.7 Å². The van der Waals surface area contributed by atoms with Gasteiger partial charge in [-0.1, -0.05) is 48.5 Å². The first kappa shape index (κ1) is 17.2. The zero-order chi connectivity index (χ0) is 17.8. The topological polar surface area (TPSA) is 59.2 Å². The average Bonchev–Trinajstić information content (AvgIpc) is 3.08. The van der Waals surface area contributed by atoms with Crippen molar-refractivity contribution in [2.75, 3.05) is 14.1 Å². The van der Waals surface area contributed by atoms with Gasteiger partial charge in [0.2, 0.25) is 11.8 Å². The number of rotatable bonds is 5. The highest BCUT2D eigenvalue weighted by atomic mass is 32.2. The molecule has 1 heterocycles. The quantitative estimate of drug-likeness (QED) is 0.650.